The number of hydrogen-bond acceptors (Lipinski definition) is 2. The molecule has 1 unspecified atom stereocenters. The van der Waals surface area contributed by atoms with Crippen molar-refractivity contribution in [2.45, 2.75) is 13.0 Å². The zero-order valence-electron chi connectivity index (χ0n) is 4.51. The van der Waals surface area contributed by atoms with Gasteiger partial charge in [-0.2, -0.15) is 0 Å². The fourth-order valence-corrected chi connectivity index (χ4v) is 0. The van der Waals surface area contributed by atoms with Gasteiger partial charge in [-0.1, -0.05) is 6.92 Å². The topological polar surface area (TPSA) is 37.3 Å². The van der Waals surface area contributed by atoms with Crippen LogP contribution in [0.3, 0.4) is 0 Å². The van der Waals surface area contributed by atoms with Gasteiger partial charge in [-0.25, -0.2) is 6.29 Å². The largest absolute Gasteiger partial charge is 0.539 e. The third kappa shape index (κ3) is 20.2. The van der Waals surface area contributed by atoms with Gasteiger partial charge in [-0.15, -0.1) is 0 Å². The van der Waals surface area contributed by atoms with Gasteiger partial charge in [0.05, 0.1) is 0 Å². The Labute approximate surface area is 69.2 Å². The van der Waals surface area contributed by atoms with Crippen LogP contribution in [0, 0.1) is 7.43 Å². The molecule has 0 aliphatic rings. The Kier molecular flexibility index (Phi) is 22.1. The van der Waals surface area contributed by atoms with Crippen molar-refractivity contribution >= 4 is 6.29 Å². The van der Waals surface area contributed by atoms with Crippen LogP contribution in [-0.2, 0) is 37.5 Å². The zero-order valence-corrected chi connectivity index (χ0v) is 7.35. The minimum Gasteiger partial charge on any atom is -0.539 e. The summed E-state index contributed by atoms with van der Waals surface area (Å²) in [5.41, 5.74) is 0. The van der Waals surface area contributed by atoms with Crippen molar-refractivity contribution in [1.29, 1.82) is 0 Å². The molecular formula is C4H8O2Y-2. The van der Waals surface area contributed by atoms with Crippen LogP contribution in [0.2, 0.25) is 0 Å². The first-order valence-electron chi connectivity index (χ1n) is 1.33. The quantitative estimate of drug-likeness (QED) is 0.569. The van der Waals surface area contributed by atoms with Crippen molar-refractivity contribution in [1.82, 2.24) is 0 Å². The van der Waals surface area contributed by atoms with Crippen LogP contribution in [-0.4, -0.2) is 17.5 Å². The molecule has 7 heavy (non-hydrogen) atoms. The van der Waals surface area contributed by atoms with E-state index < -0.39 is 6.10 Å². The van der Waals surface area contributed by atoms with Crippen LogP contribution in [0.5, 0.6) is 0 Å². The summed E-state index contributed by atoms with van der Waals surface area (Å²) in [5, 5.41) is 7.94. The van der Waals surface area contributed by atoms with Crippen molar-refractivity contribution in [2.24, 2.45) is 0 Å². The van der Waals surface area contributed by atoms with Gasteiger partial charge in [0.25, 0.3) is 0 Å². The van der Waals surface area contributed by atoms with Crippen molar-refractivity contribution in [3.05, 3.63) is 7.43 Å². The van der Waals surface area contributed by atoms with Gasteiger partial charge in [-0.05, 0) is 6.10 Å². The molecule has 0 aromatic rings. The maximum atomic E-state index is 9.13. The van der Waals surface area contributed by atoms with Crippen molar-refractivity contribution in [3.63, 3.8) is 0 Å². The maximum absolute atomic E-state index is 9.13. The summed E-state index contributed by atoms with van der Waals surface area (Å²) in [7, 11) is 0. The van der Waals surface area contributed by atoms with Gasteiger partial charge in [-0.3, -0.25) is 0 Å². The predicted molar refractivity (Wildman–Crippen MR) is 23.8 cm³/mol. The fourth-order valence-electron chi connectivity index (χ4n) is 0. The molecular weight excluding hydrogens is 169 g/mol. The molecule has 41 valence electrons. The Morgan fingerprint density at radius 3 is 1.86 bits per heavy atom. The first-order chi connectivity index (χ1) is 2.27. The van der Waals surface area contributed by atoms with E-state index in [0.717, 1.165) is 0 Å². The average Bonchev–Trinajstić information content (AvgIpc) is 1.38. The van der Waals surface area contributed by atoms with Crippen LogP contribution in [0.4, 0.5) is 0 Å². The molecule has 0 aliphatic heterocycles. The molecule has 1 N–H and O–H groups in total. The first kappa shape index (κ1) is 15.6. The van der Waals surface area contributed by atoms with E-state index >= 15 is 0 Å². The van der Waals surface area contributed by atoms with Crippen molar-refractivity contribution in [2.75, 3.05) is 0 Å². The number of aliphatic hydroxyl groups is 1. The third-order valence-electron chi connectivity index (χ3n) is 0.171. The second-order valence-corrected chi connectivity index (χ2v) is 0.794. The molecule has 1 radical (unpaired) electrons. The number of rotatable bonds is 1. The molecule has 0 aliphatic carbocycles. The Bertz CT molecular complexity index is 36.7. The summed E-state index contributed by atoms with van der Waals surface area (Å²) in [6.45, 7) is 1.35. The van der Waals surface area contributed by atoms with E-state index in [1.54, 1.807) is 0 Å². The molecule has 1 atom stereocenters. The van der Waals surface area contributed by atoms with Crippen LogP contribution in [0.25, 0.3) is 0 Å². The molecule has 0 aromatic carbocycles. The van der Waals surface area contributed by atoms with E-state index in [2.05, 4.69) is 0 Å². The van der Waals surface area contributed by atoms with Crippen LogP contribution < -0.4 is 0 Å². The normalized spacial score (nSPS) is 10.0. The minimum absolute atomic E-state index is 0. The average molecular weight is 177 g/mol. The van der Waals surface area contributed by atoms with Crippen LogP contribution in [0.15, 0.2) is 0 Å². The van der Waals surface area contributed by atoms with Gasteiger partial charge < -0.3 is 17.3 Å². The molecule has 0 fully saturated rings. The van der Waals surface area contributed by atoms with E-state index in [1.165, 1.54) is 13.2 Å². The molecule has 0 saturated carbocycles. The monoisotopic (exact) mass is 177 g/mol. The van der Waals surface area contributed by atoms with Gasteiger partial charge in [0.1, 0.15) is 0 Å². The molecule has 0 heterocycles. The standard InChI is InChI=1S/C3H5O2.CH3.Y/c1-3(5)2-4;;/h3,5H,1H3;1H3;/q2*-1;. The van der Waals surface area contributed by atoms with E-state index in [0.29, 0.717) is 0 Å². The summed E-state index contributed by atoms with van der Waals surface area (Å²) >= 11 is 0. The Hall–Kier alpha value is 0.734. The summed E-state index contributed by atoms with van der Waals surface area (Å²) in [4.78, 5) is 9.13. The predicted octanol–water partition coefficient (Wildman–Crippen LogP) is -0.0753. The maximum Gasteiger partial charge on any atom is 0 e. The smallest absolute Gasteiger partial charge is 0 e. The summed E-state index contributed by atoms with van der Waals surface area (Å²) in [6, 6.07) is 0. The van der Waals surface area contributed by atoms with Crippen molar-refractivity contribution < 1.29 is 42.6 Å². The number of hydrogen-bond donors (Lipinski definition) is 1. The second-order valence-electron chi connectivity index (χ2n) is 0.794. The molecule has 3 heteroatoms. The summed E-state index contributed by atoms with van der Waals surface area (Å²) in [6.07, 6.45) is 0.412. The summed E-state index contributed by atoms with van der Waals surface area (Å²) in [5.74, 6) is 0. The third-order valence-corrected chi connectivity index (χ3v) is 0.171. The summed E-state index contributed by atoms with van der Waals surface area (Å²) < 4.78 is 0. The molecule has 0 aromatic heterocycles. The molecule has 0 bridgehead atoms. The fraction of sp³-hybridized carbons (Fsp3) is 0.500. The van der Waals surface area contributed by atoms with Crippen LogP contribution >= 0.6 is 0 Å². The van der Waals surface area contributed by atoms with Gasteiger partial charge in [0, 0.05) is 32.7 Å². The minimum atomic E-state index is -0.921. The zero-order chi connectivity index (χ0) is 4.28. The molecule has 0 rings (SSSR count). The van der Waals surface area contributed by atoms with Gasteiger partial charge in [0.15, 0.2) is 0 Å². The van der Waals surface area contributed by atoms with Crippen molar-refractivity contribution in [3.8, 4) is 0 Å². The van der Waals surface area contributed by atoms with E-state index in [1.807, 2.05) is 0 Å². The van der Waals surface area contributed by atoms with E-state index in [-0.39, 0.29) is 40.1 Å². The SMILES string of the molecule is CC(O)[C-]=O.[CH3-].[Y]. The molecule has 0 amide bonds. The molecule has 2 nitrogen and oxygen atoms in total. The number of aliphatic hydroxyl groups excluding tert-OH is 1. The van der Waals surface area contributed by atoms with Gasteiger partial charge >= 0.3 is 0 Å². The second kappa shape index (κ2) is 9.88. The van der Waals surface area contributed by atoms with E-state index in [4.69, 9.17) is 9.90 Å². The Morgan fingerprint density at radius 2 is 1.86 bits per heavy atom. The molecule has 0 saturated heterocycles. The van der Waals surface area contributed by atoms with Gasteiger partial charge in [0.2, 0.25) is 0 Å². The molecule has 0 spiro atoms. The van der Waals surface area contributed by atoms with E-state index in [9.17, 15) is 0 Å². The number of carbonyl (C=O) groups excluding carboxylic acids is 1. The Morgan fingerprint density at radius 1 is 1.71 bits per heavy atom. The Balaban J connectivity index is -0.0000000800. The van der Waals surface area contributed by atoms with Crippen LogP contribution in [0.1, 0.15) is 6.92 Å². The first-order valence-corrected chi connectivity index (χ1v) is 1.33.